The van der Waals surface area contributed by atoms with Crippen LogP contribution in [0.15, 0.2) is 47.3 Å². The first kappa shape index (κ1) is 16.0. The molecule has 1 aliphatic heterocycles. The zero-order chi connectivity index (χ0) is 17.9. The van der Waals surface area contributed by atoms with Crippen LogP contribution in [0.1, 0.15) is 47.1 Å². The van der Waals surface area contributed by atoms with Crippen molar-refractivity contribution in [2.75, 3.05) is 6.54 Å². The van der Waals surface area contributed by atoms with E-state index in [1.165, 1.54) is 17.3 Å². The Bertz CT molecular complexity index is 956. The lowest BCUT2D eigenvalue weighted by molar-refractivity contribution is 0.0599. The zero-order valence-corrected chi connectivity index (χ0v) is 13.9. The Hall–Kier alpha value is -3.47. The summed E-state index contributed by atoms with van der Waals surface area (Å²) >= 11 is 0. The molecule has 0 saturated carbocycles. The number of aromatic nitrogens is 4. The molecular formula is C18H16N6O2. The normalized spacial score (nSPS) is 17.0. The summed E-state index contributed by atoms with van der Waals surface area (Å²) in [6.45, 7) is 0.646. The highest BCUT2D eigenvalue weighted by molar-refractivity contribution is 5.94. The van der Waals surface area contributed by atoms with Gasteiger partial charge in [0.2, 0.25) is 0 Å². The minimum atomic E-state index is -0.223. The number of furan rings is 1. The SMILES string of the molecule is N#Cc1cccc(-n2nnc(C3CCCCN3C(=O)c3ccoc3)n2)c1. The van der Waals surface area contributed by atoms with Gasteiger partial charge in [-0.1, -0.05) is 6.07 Å². The summed E-state index contributed by atoms with van der Waals surface area (Å²) in [5, 5.41) is 21.8. The number of nitrogens with zero attached hydrogens (tertiary/aromatic N) is 6. The largest absolute Gasteiger partial charge is 0.472 e. The molecule has 1 aromatic carbocycles. The van der Waals surface area contributed by atoms with Crippen LogP contribution in [0.3, 0.4) is 0 Å². The second-order valence-electron chi connectivity index (χ2n) is 6.12. The zero-order valence-electron chi connectivity index (χ0n) is 13.9. The van der Waals surface area contributed by atoms with Gasteiger partial charge in [-0.2, -0.15) is 5.26 Å². The highest BCUT2D eigenvalue weighted by Gasteiger charge is 2.32. The van der Waals surface area contributed by atoms with Gasteiger partial charge in [-0.25, -0.2) is 0 Å². The van der Waals surface area contributed by atoms with Crippen LogP contribution < -0.4 is 0 Å². The van der Waals surface area contributed by atoms with Crippen molar-refractivity contribution in [2.45, 2.75) is 25.3 Å². The number of tetrazole rings is 1. The van der Waals surface area contributed by atoms with E-state index in [1.807, 2.05) is 6.07 Å². The van der Waals surface area contributed by atoms with Gasteiger partial charge >= 0.3 is 0 Å². The van der Waals surface area contributed by atoms with Gasteiger partial charge in [-0.05, 0) is 48.7 Å². The molecule has 0 radical (unpaired) electrons. The van der Waals surface area contributed by atoms with Crippen molar-refractivity contribution in [1.29, 1.82) is 5.26 Å². The predicted octanol–water partition coefficient (Wildman–Crippen LogP) is 2.49. The third-order valence-corrected chi connectivity index (χ3v) is 4.47. The predicted molar refractivity (Wildman–Crippen MR) is 90.2 cm³/mol. The van der Waals surface area contributed by atoms with E-state index < -0.39 is 0 Å². The quantitative estimate of drug-likeness (QED) is 0.721. The molecule has 3 aromatic rings. The third kappa shape index (κ3) is 2.95. The molecule has 1 aliphatic rings. The van der Waals surface area contributed by atoms with E-state index >= 15 is 0 Å². The first-order valence-corrected chi connectivity index (χ1v) is 8.40. The minimum absolute atomic E-state index is 0.0914. The number of likely N-dealkylation sites (tertiary alicyclic amines) is 1. The molecule has 0 spiro atoms. The first-order valence-electron chi connectivity index (χ1n) is 8.40. The average molecular weight is 348 g/mol. The third-order valence-electron chi connectivity index (χ3n) is 4.47. The fourth-order valence-electron chi connectivity index (χ4n) is 3.16. The highest BCUT2D eigenvalue weighted by Crippen LogP contribution is 2.30. The number of piperidine rings is 1. The maximum atomic E-state index is 12.8. The fourth-order valence-corrected chi connectivity index (χ4v) is 3.16. The van der Waals surface area contributed by atoms with E-state index in [0.717, 1.165) is 19.3 Å². The molecule has 8 heteroatoms. The molecule has 1 amide bonds. The number of hydrogen-bond acceptors (Lipinski definition) is 6. The van der Waals surface area contributed by atoms with E-state index in [-0.39, 0.29) is 11.9 Å². The smallest absolute Gasteiger partial charge is 0.257 e. The maximum absolute atomic E-state index is 12.8. The summed E-state index contributed by atoms with van der Waals surface area (Å²) in [5.74, 6) is 0.412. The number of nitriles is 1. The average Bonchev–Trinajstić information content (AvgIpc) is 3.39. The lowest BCUT2D eigenvalue weighted by Gasteiger charge is -2.33. The number of benzene rings is 1. The monoisotopic (exact) mass is 348 g/mol. The van der Waals surface area contributed by atoms with Crippen LogP contribution in [-0.4, -0.2) is 37.6 Å². The summed E-state index contributed by atoms with van der Waals surface area (Å²) < 4.78 is 5.03. The van der Waals surface area contributed by atoms with E-state index in [4.69, 9.17) is 9.68 Å². The molecule has 2 aromatic heterocycles. The van der Waals surface area contributed by atoms with Crippen molar-refractivity contribution >= 4 is 5.91 Å². The van der Waals surface area contributed by atoms with Gasteiger partial charge in [0, 0.05) is 6.54 Å². The lowest BCUT2D eigenvalue weighted by Crippen LogP contribution is -2.38. The Labute approximate surface area is 149 Å². The van der Waals surface area contributed by atoms with Crippen molar-refractivity contribution in [3.05, 3.63) is 59.8 Å². The lowest BCUT2D eigenvalue weighted by atomic mass is 10.0. The van der Waals surface area contributed by atoms with Gasteiger partial charge in [0.05, 0.1) is 35.2 Å². The van der Waals surface area contributed by atoms with Gasteiger partial charge in [0.1, 0.15) is 6.26 Å². The van der Waals surface area contributed by atoms with Crippen LogP contribution >= 0.6 is 0 Å². The molecule has 0 aliphatic carbocycles. The van der Waals surface area contributed by atoms with E-state index in [2.05, 4.69) is 21.5 Å². The summed E-state index contributed by atoms with van der Waals surface area (Å²) in [6.07, 6.45) is 5.67. The molecule has 0 N–H and O–H groups in total. The van der Waals surface area contributed by atoms with E-state index in [0.29, 0.717) is 29.2 Å². The molecule has 130 valence electrons. The summed E-state index contributed by atoms with van der Waals surface area (Å²) in [5.41, 5.74) is 1.70. The second kappa shape index (κ2) is 6.80. The number of amides is 1. The van der Waals surface area contributed by atoms with Crippen molar-refractivity contribution in [3.8, 4) is 11.8 Å². The molecule has 1 fully saturated rings. The van der Waals surface area contributed by atoms with Gasteiger partial charge in [0.15, 0.2) is 5.82 Å². The Kier molecular flexibility index (Phi) is 4.19. The van der Waals surface area contributed by atoms with Crippen LogP contribution in [0, 0.1) is 11.3 Å². The van der Waals surface area contributed by atoms with Gasteiger partial charge in [0.25, 0.3) is 5.91 Å². The molecule has 26 heavy (non-hydrogen) atoms. The van der Waals surface area contributed by atoms with E-state index in [1.54, 1.807) is 29.2 Å². The van der Waals surface area contributed by atoms with Gasteiger partial charge < -0.3 is 9.32 Å². The fraction of sp³-hybridized carbons (Fsp3) is 0.278. The van der Waals surface area contributed by atoms with E-state index in [9.17, 15) is 4.79 Å². The Morgan fingerprint density at radius 2 is 2.23 bits per heavy atom. The van der Waals surface area contributed by atoms with Crippen LogP contribution in [0.5, 0.6) is 0 Å². The maximum Gasteiger partial charge on any atom is 0.257 e. The van der Waals surface area contributed by atoms with Crippen LogP contribution in [0.25, 0.3) is 5.69 Å². The molecule has 0 bridgehead atoms. The Balaban J connectivity index is 1.62. The standard InChI is InChI=1S/C18H16N6O2/c19-11-13-4-3-5-15(10-13)24-21-17(20-22-24)16-6-1-2-8-23(16)18(25)14-7-9-26-12-14/h3-5,7,9-10,12,16H,1-2,6,8H2. The van der Waals surface area contributed by atoms with Crippen molar-refractivity contribution < 1.29 is 9.21 Å². The Morgan fingerprint density at radius 3 is 3.04 bits per heavy atom. The summed E-state index contributed by atoms with van der Waals surface area (Å²) in [6, 6.07) is 10.5. The molecular weight excluding hydrogens is 332 g/mol. The Morgan fingerprint density at radius 1 is 1.31 bits per heavy atom. The molecule has 4 rings (SSSR count). The molecule has 1 atom stereocenters. The summed E-state index contributed by atoms with van der Waals surface area (Å²) in [4.78, 5) is 15.9. The first-order chi connectivity index (χ1) is 12.8. The molecule has 1 saturated heterocycles. The number of hydrogen-bond donors (Lipinski definition) is 0. The number of carbonyl (C=O) groups is 1. The van der Waals surface area contributed by atoms with Crippen molar-refractivity contribution in [2.24, 2.45) is 0 Å². The van der Waals surface area contributed by atoms with Crippen LogP contribution in [-0.2, 0) is 0 Å². The molecule has 1 unspecified atom stereocenters. The second-order valence-corrected chi connectivity index (χ2v) is 6.12. The van der Waals surface area contributed by atoms with Crippen LogP contribution in [0.4, 0.5) is 0 Å². The van der Waals surface area contributed by atoms with Crippen molar-refractivity contribution in [3.63, 3.8) is 0 Å². The summed E-state index contributed by atoms with van der Waals surface area (Å²) in [7, 11) is 0. The molecule has 8 nitrogen and oxygen atoms in total. The van der Waals surface area contributed by atoms with Gasteiger partial charge in [-0.15, -0.1) is 15.0 Å². The number of carbonyl (C=O) groups excluding carboxylic acids is 1. The molecule has 3 heterocycles. The number of rotatable bonds is 3. The highest BCUT2D eigenvalue weighted by atomic mass is 16.3. The van der Waals surface area contributed by atoms with Crippen molar-refractivity contribution in [1.82, 2.24) is 25.1 Å². The topological polar surface area (TPSA) is 101 Å². The van der Waals surface area contributed by atoms with Gasteiger partial charge in [-0.3, -0.25) is 4.79 Å². The van der Waals surface area contributed by atoms with Crippen LogP contribution in [0.2, 0.25) is 0 Å². The minimum Gasteiger partial charge on any atom is -0.472 e.